The summed E-state index contributed by atoms with van der Waals surface area (Å²) in [6, 6.07) is 0. The predicted molar refractivity (Wildman–Crippen MR) is 47.4 cm³/mol. The molecule has 0 amide bonds. The molecule has 1 aliphatic carbocycles. The molecule has 1 fully saturated rings. The molecule has 0 radical (unpaired) electrons. The van der Waals surface area contributed by atoms with Crippen LogP contribution in [0, 0.1) is 11.8 Å². The van der Waals surface area contributed by atoms with Gasteiger partial charge in [0.05, 0.1) is 6.10 Å². The normalized spacial score (nSPS) is 24.3. The lowest BCUT2D eigenvalue weighted by molar-refractivity contribution is 0.0870. The molecule has 1 heteroatoms. The van der Waals surface area contributed by atoms with E-state index in [1.807, 2.05) is 0 Å². The van der Waals surface area contributed by atoms with Gasteiger partial charge in [-0.25, -0.2) is 0 Å². The summed E-state index contributed by atoms with van der Waals surface area (Å²) in [5.74, 6) is 1.46. The first kappa shape index (κ1) is 9.05. The average Bonchev–Trinajstić information content (AvgIpc) is 1.94. The van der Waals surface area contributed by atoms with Crippen molar-refractivity contribution in [2.45, 2.75) is 52.1 Å². The molecule has 0 aromatic heterocycles. The summed E-state index contributed by atoms with van der Waals surface area (Å²) in [4.78, 5) is 0. The summed E-state index contributed by atoms with van der Waals surface area (Å²) < 4.78 is 0. The van der Waals surface area contributed by atoms with E-state index in [0.29, 0.717) is 5.92 Å². The van der Waals surface area contributed by atoms with Crippen LogP contribution in [0.25, 0.3) is 0 Å². The number of hydrogen-bond acceptors (Lipinski definition) is 1. The topological polar surface area (TPSA) is 20.2 Å². The third-order valence-electron chi connectivity index (χ3n) is 3.00. The molecule has 0 heterocycles. The quantitative estimate of drug-likeness (QED) is 0.663. The highest BCUT2D eigenvalue weighted by Gasteiger charge is 2.22. The van der Waals surface area contributed by atoms with Crippen LogP contribution in [0.5, 0.6) is 0 Å². The first-order valence-corrected chi connectivity index (χ1v) is 4.92. The van der Waals surface area contributed by atoms with Crippen LogP contribution in [0.4, 0.5) is 0 Å². The molecule has 0 saturated heterocycles. The Bertz CT molecular complexity index is 107. The molecule has 1 nitrogen and oxygen atoms in total. The molecule has 0 spiro atoms. The van der Waals surface area contributed by atoms with Crippen molar-refractivity contribution in [2.24, 2.45) is 11.8 Å². The van der Waals surface area contributed by atoms with Crippen LogP contribution >= 0.6 is 0 Å². The van der Waals surface area contributed by atoms with Crippen molar-refractivity contribution in [2.75, 3.05) is 0 Å². The summed E-state index contributed by atoms with van der Waals surface area (Å²) in [6.07, 6.45) is 6.32. The monoisotopic (exact) mass is 156 g/mol. The van der Waals surface area contributed by atoms with Gasteiger partial charge < -0.3 is 5.11 Å². The Balaban J connectivity index is 2.13. The van der Waals surface area contributed by atoms with E-state index in [4.69, 9.17) is 0 Å². The molecular weight excluding hydrogens is 136 g/mol. The van der Waals surface area contributed by atoms with E-state index in [1.165, 1.54) is 25.7 Å². The van der Waals surface area contributed by atoms with Crippen LogP contribution in [-0.4, -0.2) is 11.2 Å². The third-order valence-corrected chi connectivity index (χ3v) is 3.00. The van der Waals surface area contributed by atoms with Gasteiger partial charge in [0.1, 0.15) is 0 Å². The highest BCUT2D eigenvalue weighted by molar-refractivity contribution is 4.74. The van der Waals surface area contributed by atoms with Gasteiger partial charge in [0.2, 0.25) is 0 Å². The smallest absolute Gasteiger partial charge is 0.0563 e. The van der Waals surface area contributed by atoms with E-state index in [9.17, 15) is 5.11 Å². The van der Waals surface area contributed by atoms with Crippen molar-refractivity contribution in [1.82, 2.24) is 0 Å². The minimum absolute atomic E-state index is 0.0596. The molecule has 1 aliphatic rings. The van der Waals surface area contributed by atoms with Crippen LogP contribution < -0.4 is 0 Å². The van der Waals surface area contributed by atoms with Gasteiger partial charge in [-0.1, -0.05) is 33.1 Å². The molecule has 66 valence electrons. The fraction of sp³-hybridized carbons (Fsp3) is 1.00. The zero-order chi connectivity index (χ0) is 8.27. The largest absolute Gasteiger partial charge is 0.393 e. The van der Waals surface area contributed by atoms with E-state index >= 15 is 0 Å². The van der Waals surface area contributed by atoms with E-state index < -0.39 is 0 Å². The Kier molecular flexibility index (Phi) is 3.38. The molecule has 1 N–H and O–H groups in total. The Labute approximate surface area is 69.8 Å². The lowest BCUT2D eigenvalue weighted by Crippen LogP contribution is -2.22. The minimum atomic E-state index is -0.0596. The molecule has 0 aromatic rings. The summed E-state index contributed by atoms with van der Waals surface area (Å²) >= 11 is 0. The first-order valence-electron chi connectivity index (χ1n) is 4.92. The molecule has 11 heavy (non-hydrogen) atoms. The zero-order valence-electron chi connectivity index (χ0n) is 7.71. The van der Waals surface area contributed by atoms with Crippen LogP contribution in [0.3, 0.4) is 0 Å². The van der Waals surface area contributed by atoms with Gasteiger partial charge >= 0.3 is 0 Å². The van der Waals surface area contributed by atoms with Crippen molar-refractivity contribution in [1.29, 1.82) is 0 Å². The van der Waals surface area contributed by atoms with E-state index in [1.54, 1.807) is 0 Å². The molecule has 1 saturated carbocycles. The third kappa shape index (κ3) is 2.48. The maximum absolute atomic E-state index is 9.49. The Morgan fingerprint density at radius 3 is 2.45 bits per heavy atom. The van der Waals surface area contributed by atoms with Gasteiger partial charge in [-0.05, 0) is 24.7 Å². The molecule has 0 bridgehead atoms. The summed E-state index contributed by atoms with van der Waals surface area (Å²) in [5, 5.41) is 9.49. The van der Waals surface area contributed by atoms with Crippen LogP contribution in [0.15, 0.2) is 0 Å². The number of rotatable bonds is 4. The zero-order valence-corrected chi connectivity index (χ0v) is 7.71. The lowest BCUT2D eigenvalue weighted by atomic mass is 9.78. The van der Waals surface area contributed by atoms with Crippen molar-refractivity contribution in [3.8, 4) is 0 Å². The highest BCUT2D eigenvalue weighted by atomic mass is 16.3. The van der Waals surface area contributed by atoms with Crippen LogP contribution in [0.1, 0.15) is 46.0 Å². The maximum Gasteiger partial charge on any atom is 0.0563 e. The summed E-state index contributed by atoms with van der Waals surface area (Å²) in [7, 11) is 0. The van der Waals surface area contributed by atoms with Crippen LogP contribution in [-0.2, 0) is 0 Å². The van der Waals surface area contributed by atoms with Crippen molar-refractivity contribution < 1.29 is 5.11 Å². The fourth-order valence-corrected chi connectivity index (χ4v) is 1.81. The van der Waals surface area contributed by atoms with E-state index in [0.717, 1.165) is 12.3 Å². The standard InChI is InChI=1S/C10H20O/c1-3-10(11)8(2)7-9-5-4-6-9/h8-11H,3-7H2,1-2H3. The van der Waals surface area contributed by atoms with Gasteiger partial charge in [-0.3, -0.25) is 0 Å². The molecule has 2 unspecified atom stereocenters. The maximum atomic E-state index is 9.49. The Morgan fingerprint density at radius 1 is 1.45 bits per heavy atom. The van der Waals surface area contributed by atoms with Gasteiger partial charge in [-0.15, -0.1) is 0 Å². The molecular formula is C10H20O. The van der Waals surface area contributed by atoms with E-state index in [-0.39, 0.29) is 6.10 Å². The molecule has 0 aliphatic heterocycles. The van der Waals surface area contributed by atoms with Gasteiger partial charge in [0.15, 0.2) is 0 Å². The average molecular weight is 156 g/mol. The van der Waals surface area contributed by atoms with Crippen molar-refractivity contribution in [3.63, 3.8) is 0 Å². The Morgan fingerprint density at radius 2 is 2.09 bits per heavy atom. The second-order valence-corrected chi connectivity index (χ2v) is 3.99. The summed E-state index contributed by atoms with van der Waals surface area (Å²) in [6.45, 7) is 4.23. The van der Waals surface area contributed by atoms with Crippen LogP contribution in [0.2, 0.25) is 0 Å². The van der Waals surface area contributed by atoms with E-state index in [2.05, 4.69) is 13.8 Å². The number of aliphatic hydroxyl groups is 1. The predicted octanol–water partition coefficient (Wildman–Crippen LogP) is 2.58. The first-order chi connectivity index (χ1) is 5.24. The van der Waals surface area contributed by atoms with Crippen molar-refractivity contribution >= 4 is 0 Å². The highest BCUT2D eigenvalue weighted by Crippen LogP contribution is 2.33. The summed E-state index contributed by atoms with van der Waals surface area (Å²) in [5.41, 5.74) is 0. The Hall–Kier alpha value is -0.0400. The molecule has 2 atom stereocenters. The second-order valence-electron chi connectivity index (χ2n) is 3.99. The van der Waals surface area contributed by atoms with Gasteiger partial charge in [0, 0.05) is 0 Å². The second kappa shape index (κ2) is 4.10. The number of aliphatic hydroxyl groups excluding tert-OH is 1. The molecule has 1 rings (SSSR count). The SMILES string of the molecule is CCC(O)C(C)CC1CCC1. The fourth-order valence-electron chi connectivity index (χ4n) is 1.81. The van der Waals surface area contributed by atoms with Gasteiger partial charge in [0.25, 0.3) is 0 Å². The van der Waals surface area contributed by atoms with Gasteiger partial charge in [-0.2, -0.15) is 0 Å². The number of hydrogen-bond donors (Lipinski definition) is 1. The molecule has 0 aromatic carbocycles. The minimum Gasteiger partial charge on any atom is -0.393 e. The lowest BCUT2D eigenvalue weighted by Gasteiger charge is -2.29. The van der Waals surface area contributed by atoms with Crippen molar-refractivity contribution in [3.05, 3.63) is 0 Å².